The van der Waals surface area contributed by atoms with Crippen LogP contribution >= 0.6 is 0 Å². The van der Waals surface area contributed by atoms with E-state index in [1.54, 1.807) is 6.08 Å². The highest BCUT2D eigenvalue weighted by Gasteiger charge is 2.50. The van der Waals surface area contributed by atoms with Gasteiger partial charge in [0.2, 0.25) is 11.8 Å². The maximum Gasteiger partial charge on any atom is 0.247 e. The van der Waals surface area contributed by atoms with E-state index in [1.807, 2.05) is 35.2 Å². The molecule has 2 fully saturated rings. The van der Waals surface area contributed by atoms with Crippen LogP contribution in [0.3, 0.4) is 0 Å². The van der Waals surface area contributed by atoms with E-state index >= 15 is 0 Å². The van der Waals surface area contributed by atoms with Crippen LogP contribution in [0.5, 0.6) is 0 Å². The van der Waals surface area contributed by atoms with Crippen LogP contribution in [0.1, 0.15) is 0 Å². The first-order chi connectivity index (χ1) is 14.5. The second-order valence-electron chi connectivity index (χ2n) is 7.50. The van der Waals surface area contributed by atoms with Crippen LogP contribution in [0, 0.1) is 23.5 Å². The summed E-state index contributed by atoms with van der Waals surface area (Å²) in [5, 5.41) is 4.03. The monoisotopic (exact) mass is 412 g/mol. The molecule has 2 heterocycles. The molecule has 2 amide bonds. The Morgan fingerprint density at radius 2 is 1.97 bits per heavy atom. The summed E-state index contributed by atoms with van der Waals surface area (Å²) in [6.07, 6.45) is 1.72. The fourth-order valence-electron chi connectivity index (χ4n) is 4.10. The third-order valence-electron chi connectivity index (χ3n) is 5.52. The zero-order chi connectivity index (χ0) is 21.3. The summed E-state index contributed by atoms with van der Waals surface area (Å²) < 4.78 is 27.2. The Labute approximate surface area is 173 Å². The highest BCUT2D eigenvalue weighted by Crippen LogP contribution is 2.32. The molecule has 2 N–H and O–H groups in total. The molecule has 2 aromatic carbocycles. The third kappa shape index (κ3) is 3.83. The van der Waals surface area contributed by atoms with Gasteiger partial charge in [-0.1, -0.05) is 24.3 Å². The zero-order valence-corrected chi connectivity index (χ0v) is 16.2. The smallest absolute Gasteiger partial charge is 0.247 e. The van der Waals surface area contributed by atoms with Crippen LogP contribution in [0.15, 0.2) is 61.2 Å². The number of piperidine rings is 1. The minimum atomic E-state index is -0.847. The van der Waals surface area contributed by atoms with E-state index in [0.717, 1.165) is 12.1 Å². The van der Waals surface area contributed by atoms with Crippen molar-refractivity contribution in [3.8, 4) is 0 Å². The number of carbonyl (C=O) groups excluding carboxylic acids is 2. The molecule has 8 heteroatoms. The van der Waals surface area contributed by atoms with Crippen LogP contribution in [0.2, 0.25) is 0 Å². The number of fused-ring (bicyclic) bond motifs is 1. The topological polar surface area (TPSA) is 64.7 Å². The van der Waals surface area contributed by atoms with Crippen LogP contribution in [0.4, 0.5) is 20.2 Å². The number of nitrogens with zero attached hydrogens (tertiary/aromatic N) is 2. The number of carbonyl (C=O) groups is 2. The molecule has 0 spiro atoms. The number of likely N-dealkylation sites (tertiary alicyclic amines) is 1. The lowest BCUT2D eigenvalue weighted by atomic mass is 9.84. The Balaban J connectivity index is 1.59. The van der Waals surface area contributed by atoms with Crippen molar-refractivity contribution in [1.29, 1.82) is 0 Å². The molecular formula is C22H22F2N4O2. The van der Waals surface area contributed by atoms with Gasteiger partial charge in [-0.3, -0.25) is 14.5 Å². The number of benzene rings is 2. The molecule has 4 rings (SSSR count). The fourth-order valence-corrected chi connectivity index (χ4v) is 4.10. The van der Waals surface area contributed by atoms with Crippen molar-refractivity contribution in [3.05, 3.63) is 72.8 Å². The van der Waals surface area contributed by atoms with E-state index in [4.69, 9.17) is 0 Å². The van der Waals surface area contributed by atoms with Gasteiger partial charge in [-0.15, -0.1) is 6.58 Å². The number of rotatable bonds is 5. The summed E-state index contributed by atoms with van der Waals surface area (Å²) in [6, 6.07) is 11.7. The molecule has 0 radical (unpaired) electrons. The number of halogens is 2. The highest BCUT2D eigenvalue weighted by atomic mass is 19.1. The summed E-state index contributed by atoms with van der Waals surface area (Å²) >= 11 is 0. The van der Waals surface area contributed by atoms with Gasteiger partial charge in [-0.2, -0.15) is 0 Å². The maximum atomic E-state index is 14.0. The van der Waals surface area contributed by atoms with E-state index in [0.29, 0.717) is 25.3 Å². The molecule has 0 saturated carbocycles. The van der Waals surface area contributed by atoms with Gasteiger partial charge in [0.25, 0.3) is 0 Å². The minimum Gasteiger partial charge on any atom is -0.323 e. The number of amides is 2. The molecule has 2 aromatic rings. The van der Waals surface area contributed by atoms with Gasteiger partial charge in [-0.05, 0) is 24.3 Å². The van der Waals surface area contributed by atoms with Gasteiger partial charge in [0.1, 0.15) is 11.6 Å². The van der Waals surface area contributed by atoms with Crippen molar-refractivity contribution in [1.82, 2.24) is 10.3 Å². The van der Waals surface area contributed by atoms with Crippen LogP contribution in [0.25, 0.3) is 0 Å². The molecule has 2 aliphatic heterocycles. The summed E-state index contributed by atoms with van der Waals surface area (Å²) in [7, 11) is 0. The summed E-state index contributed by atoms with van der Waals surface area (Å²) in [5.41, 5.74) is 3.78. The summed E-state index contributed by atoms with van der Waals surface area (Å²) in [5.74, 6) is -3.18. The summed E-state index contributed by atoms with van der Waals surface area (Å²) in [6.45, 7) is 5.13. The average molecular weight is 412 g/mol. The van der Waals surface area contributed by atoms with Crippen molar-refractivity contribution >= 4 is 23.2 Å². The van der Waals surface area contributed by atoms with E-state index < -0.39 is 35.4 Å². The van der Waals surface area contributed by atoms with Gasteiger partial charge in [0.05, 0.1) is 29.3 Å². The third-order valence-corrected chi connectivity index (χ3v) is 5.52. The Morgan fingerprint density at radius 3 is 2.67 bits per heavy atom. The van der Waals surface area contributed by atoms with Crippen molar-refractivity contribution in [3.63, 3.8) is 0 Å². The van der Waals surface area contributed by atoms with Crippen LogP contribution in [-0.4, -0.2) is 42.4 Å². The van der Waals surface area contributed by atoms with Gasteiger partial charge in [-0.25, -0.2) is 19.2 Å². The molecule has 0 aliphatic carbocycles. The second kappa shape index (κ2) is 8.33. The molecule has 6 nitrogen and oxygen atoms in total. The molecule has 156 valence electrons. The van der Waals surface area contributed by atoms with Gasteiger partial charge >= 0.3 is 0 Å². The molecule has 2 aliphatic rings. The molecule has 2 saturated heterocycles. The molecular weight excluding hydrogens is 390 g/mol. The van der Waals surface area contributed by atoms with Crippen LogP contribution in [-0.2, 0) is 9.59 Å². The summed E-state index contributed by atoms with van der Waals surface area (Å²) in [4.78, 5) is 28.1. The highest BCUT2D eigenvalue weighted by molar-refractivity contribution is 6.00. The van der Waals surface area contributed by atoms with Crippen molar-refractivity contribution in [2.24, 2.45) is 11.8 Å². The molecule has 30 heavy (non-hydrogen) atoms. The molecule has 3 unspecified atom stereocenters. The quantitative estimate of drug-likeness (QED) is 0.741. The number of para-hydroxylation sites is 1. The van der Waals surface area contributed by atoms with E-state index in [-0.39, 0.29) is 11.6 Å². The number of anilines is 2. The van der Waals surface area contributed by atoms with Gasteiger partial charge < -0.3 is 5.32 Å². The zero-order valence-electron chi connectivity index (χ0n) is 16.2. The minimum absolute atomic E-state index is 0.0944. The van der Waals surface area contributed by atoms with E-state index in [9.17, 15) is 18.4 Å². The number of nitrogens with one attached hydrogen (secondary N) is 2. The van der Waals surface area contributed by atoms with E-state index in [2.05, 4.69) is 17.3 Å². The predicted molar refractivity (Wildman–Crippen MR) is 109 cm³/mol. The van der Waals surface area contributed by atoms with Crippen molar-refractivity contribution < 1.29 is 18.4 Å². The van der Waals surface area contributed by atoms with E-state index in [1.165, 1.54) is 11.1 Å². The average Bonchev–Trinajstić information content (AvgIpc) is 3.07. The lowest BCUT2D eigenvalue weighted by Gasteiger charge is -2.37. The molecule has 3 atom stereocenters. The largest absolute Gasteiger partial charge is 0.323 e. The number of hydrogen-bond donors (Lipinski definition) is 2. The standard InChI is InChI=1S/C22H22F2N4O2/c1-2-10-27-12-16(21(29)25-19-9-8-14(23)11-18(19)24)20-17(13-27)22(30)28(26-20)15-6-4-3-5-7-15/h2-9,11,16-17,20,26H,1,10,12-13H2,(H,25,29). The fraction of sp³-hybridized carbons (Fsp3) is 0.273. The predicted octanol–water partition coefficient (Wildman–Crippen LogP) is 2.56. The molecule has 0 bridgehead atoms. The lowest BCUT2D eigenvalue weighted by molar-refractivity contribution is -0.125. The maximum absolute atomic E-state index is 14.0. The number of hydrogen-bond acceptors (Lipinski definition) is 4. The van der Waals surface area contributed by atoms with Crippen molar-refractivity contribution in [2.45, 2.75) is 6.04 Å². The Bertz CT molecular complexity index is 969. The first-order valence-electron chi connectivity index (χ1n) is 9.72. The normalized spacial score (nSPS) is 23.9. The SMILES string of the molecule is C=CCN1CC(C(=O)Nc2ccc(F)cc2F)C2NN(c3ccccc3)C(=O)C2C1. The molecule has 0 aromatic heterocycles. The second-order valence-corrected chi connectivity index (χ2v) is 7.50. The lowest BCUT2D eigenvalue weighted by Crippen LogP contribution is -2.56. The number of hydrazine groups is 1. The van der Waals surface area contributed by atoms with Gasteiger partial charge in [0.15, 0.2) is 0 Å². The Morgan fingerprint density at radius 1 is 1.20 bits per heavy atom. The first kappa shape index (κ1) is 20.2. The Hall–Kier alpha value is -3.10. The first-order valence-corrected chi connectivity index (χ1v) is 9.72. The van der Waals surface area contributed by atoms with Crippen molar-refractivity contribution in [2.75, 3.05) is 30.0 Å². The Kier molecular flexibility index (Phi) is 5.61. The van der Waals surface area contributed by atoms with Gasteiger partial charge in [0, 0.05) is 25.7 Å². The van der Waals surface area contributed by atoms with Crippen LogP contribution < -0.4 is 15.8 Å².